The van der Waals surface area contributed by atoms with E-state index in [4.69, 9.17) is 9.47 Å². The second kappa shape index (κ2) is 9.24. The average Bonchev–Trinajstić information content (AvgIpc) is 3.51. The van der Waals surface area contributed by atoms with Crippen LogP contribution in [-0.4, -0.2) is 40.9 Å². The van der Waals surface area contributed by atoms with Crippen LogP contribution in [0.5, 0.6) is 11.5 Å². The van der Waals surface area contributed by atoms with Gasteiger partial charge in [0.05, 0.1) is 12.5 Å². The van der Waals surface area contributed by atoms with E-state index in [0.717, 1.165) is 27.9 Å². The van der Waals surface area contributed by atoms with Crippen LogP contribution in [0.3, 0.4) is 0 Å². The molecule has 2 N–H and O–H groups in total. The molecule has 37 heavy (non-hydrogen) atoms. The molecule has 0 unspecified atom stereocenters. The van der Waals surface area contributed by atoms with Crippen LogP contribution in [0.4, 0.5) is 0 Å². The molecule has 1 aromatic heterocycles. The third-order valence-corrected chi connectivity index (χ3v) is 7.27. The Balaban J connectivity index is 1.13. The van der Waals surface area contributed by atoms with Gasteiger partial charge >= 0.3 is 0 Å². The van der Waals surface area contributed by atoms with Gasteiger partial charge in [0.1, 0.15) is 0 Å². The van der Waals surface area contributed by atoms with Gasteiger partial charge in [0.2, 0.25) is 12.7 Å². The number of aromatic nitrogens is 1. The summed E-state index contributed by atoms with van der Waals surface area (Å²) in [5.74, 6) is 0.845. The second-order valence-electron chi connectivity index (χ2n) is 9.46. The van der Waals surface area contributed by atoms with Crippen LogP contribution in [0.15, 0.2) is 48.7 Å². The molecule has 0 aliphatic carbocycles. The lowest BCUT2D eigenvalue weighted by atomic mass is 9.94. The minimum atomic E-state index is -0.310. The standard InChI is InChI=1S/C28H26N4O5/c1-16-22(13-30-27(34)17-6-7-24-25(10-17)37-15-36-24)19-8-9-32(14-18(19)12-29-16)26(33)11-23-20-4-2-3-5-21(20)28(35)31-23/h2-7,10,12,23H,8-9,11,13-15H2,1H3,(H,30,34)(H,31,35)/t23-/m1/s1. The summed E-state index contributed by atoms with van der Waals surface area (Å²) in [6, 6.07) is 12.2. The Bertz CT molecular complexity index is 1440. The van der Waals surface area contributed by atoms with Crippen LogP contribution >= 0.6 is 0 Å². The first-order valence-electron chi connectivity index (χ1n) is 12.3. The van der Waals surface area contributed by atoms with Crippen molar-refractivity contribution in [1.29, 1.82) is 0 Å². The molecular formula is C28H26N4O5. The zero-order valence-electron chi connectivity index (χ0n) is 20.4. The zero-order chi connectivity index (χ0) is 25.5. The van der Waals surface area contributed by atoms with Gasteiger partial charge in [-0.05, 0) is 59.9 Å². The van der Waals surface area contributed by atoms with Crippen molar-refractivity contribution in [2.75, 3.05) is 13.3 Å². The summed E-state index contributed by atoms with van der Waals surface area (Å²) in [5, 5.41) is 5.92. The van der Waals surface area contributed by atoms with Gasteiger partial charge in [-0.25, -0.2) is 0 Å². The maximum absolute atomic E-state index is 13.2. The minimum absolute atomic E-state index is 0.00844. The van der Waals surface area contributed by atoms with E-state index in [9.17, 15) is 14.4 Å². The number of fused-ring (bicyclic) bond motifs is 3. The highest BCUT2D eigenvalue weighted by atomic mass is 16.7. The van der Waals surface area contributed by atoms with Crippen LogP contribution in [0.2, 0.25) is 0 Å². The molecule has 0 spiro atoms. The Kier molecular flexibility index (Phi) is 5.75. The molecule has 0 saturated heterocycles. The zero-order valence-corrected chi connectivity index (χ0v) is 20.4. The Morgan fingerprint density at radius 3 is 2.89 bits per heavy atom. The number of benzene rings is 2. The quantitative estimate of drug-likeness (QED) is 0.560. The average molecular weight is 499 g/mol. The number of rotatable bonds is 5. The predicted octanol–water partition coefficient (Wildman–Crippen LogP) is 2.81. The number of carbonyl (C=O) groups excluding carboxylic acids is 3. The van der Waals surface area contributed by atoms with Crippen molar-refractivity contribution in [3.63, 3.8) is 0 Å². The van der Waals surface area contributed by atoms with E-state index in [1.54, 1.807) is 24.3 Å². The topological polar surface area (TPSA) is 110 Å². The molecule has 188 valence electrons. The molecule has 9 nitrogen and oxygen atoms in total. The summed E-state index contributed by atoms with van der Waals surface area (Å²) in [7, 11) is 0. The van der Waals surface area contributed by atoms with E-state index in [1.807, 2.05) is 36.2 Å². The first-order chi connectivity index (χ1) is 18.0. The van der Waals surface area contributed by atoms with Crippen LogP contribution in [-0.2, 0) is 24.3 Å². The van der Waals surface area contributed by atoms with Crippen molar-refractivity contribution in [2.45, 2.75) is 38.9 Å². The van der Waals surface area contributed by atoms with Crippen LogP contribution < -0.4 is 20.1 Å². The van der Waals surface area contributed by atoms with Crippen molar-refractivity contribution in [3.05, 3.63) is 87.7 Å². The number of pyridine rings is 1. The van der Waals surface area contributed by atoms with E-state index < -0.39 is 0 Å². The molecule has 3 aromatic rings. The summed E-state index contributed by atoms with van der Waals surface area (Å²) in [6.07, 6.45) is 2.71. The van der Waals surface area contributed by atoms with Crippen molar-refractivity contribution in [2.24, 2.45) is 0 Å². The fraction of sp³-hybridized carbons (Fsp3) is 0.286. The molecular weight excluding hydrogens is 472 g/mol. The van der Waals surface area contributed by atoms with Crippen molar-refractivity contribution >= 4 is 17.7 Å². The van der Waals surface area contributed by atoms with Crippen molar-refractivity contribution < 1.29 is 23.9 Å². The molecule has 0 bridgehead atoms. The van der Waals surface area contributed by atoms with Gasteiger partial charge in [-0.3, -0.25) is 19.4 Å². The number of ether oxygens (including phenoxy) is 2. The number of aryl methyl sites for hydroxylation is 1. The molecule has 3 amide bonds. The Morgan fingerprint density at radius 1 is 1.16 bits per heavy atom. The summed E-state index contributed by atoms with van der Waals surface area (Å²) in [5.41, 5.74) is 5.95. The van der Waals surface area contributed by atoms with E-state index in [-0.39, 0.29) is 37.0 Å². The first kappa shape index (κ1) is 23.0. The Labute approximate surface area is 213 Å². The summed E-state index contributed by atoms with van der Waals surface area (Å²) in [4.78, 5) is 44.6. The fourth-order valence-electron chi connectivity index (χ4n) is 5.26. The lowest BCUT2D eigenvalue weighted by Crippen LogP contribution is -2.38. The van der Waals surface area contributed by atoms with Crippen LogP contribution in [0.25, 0.3) is 0 Å². The van der Waals surface area contributed by atoms with E-state index in [0.29, 0.717) is 48.7 Å². The van der Waals surface area contributed by atoms with E-state index >= 15 is 0 Å². The van der Waals surface area contributed by atoms with Crippen LogP contribution in [0.1, 0.15) is 61.1 Å². The highest BCUT2D eigenvalue weighted by molar-refractivity contribution is 5.99. The third kappa shape index (κ3) is 4.26. The maximum Gasteiger partial charge on any atom is 0.252 e. The normalized spacial score (nSPS) is 17.2. The van der Waals surface area contributed by atoms with Gasteiger partial charge in [-0.15, -0.1) is 0 Å². The number of amides is 3. The predicted molar refractivity (Wildman–Crippen MR) is 133 cm³/mol. The number of nitrogens with zero attached hydrogens (tertiary/aromatic N) is 2. The molecule has 1 atom stereocenters. The monoisotopic (exact) mass is 498 g/mol. The SMILES string of the molecule is Cc1ncc2c(c1CNC(=O)c1ccc3c(c1)OCO3)CCN(C(=O)C[C@H]1NC(=O)c3ccccc31)C2. The molecule has 0 radical (unpaired) electrons. The molecule has 3 aliphatic heterocycles. The fourth-order valence-corrected chi connectivity index (χ4v) is 5.26. The van der Waals surface area contributed by atoms with Crippen molar-refractivity contribution in [1.82, 2.24) is 20.5 Å². The smallest absolute Gasteiger partial charge is 0.252 e. The molecule has 6 rings (SSSR count). The van der Waals surface area contributed by atoms with Gasteiger partial charge in [0, 0.05) is 42.7 Å². The molecule has 3 aliphatic rings. The summed E-state index contributed by atoms with van der Waals surface area (Å²) >= 11 is 0. The van der Waals surface area contributed by atoms with Gasteiger partial charge < -0.3 is 25.0 Å². The van der Waals surface area contributed by atoms with E-state index in [1.165, 1.54) is 0 Å². The molecule has 0 fully saturated rings. The molecule has 2 aromatic carbocycles. The molecule has 0 saturated carbocycles. The lowest BCUT2D eigenvalue weighted by molar-refractivity contribution is -0.132. The highest BCUT2D eigenvalue weighted by Gasteiger charge is 2.32. The van der Waals surface area contributed by atoms with Gasteiger partial charge in [-0.1, -0.05) is 18.2 Å². The minimum Gasteiger partial charge on any atom is -0.454 e. The van der Waals surface area contributed by atoms with Crippen molar-refractivity contribution in [3.8, 4) is 11.5 Å². The lowest BCUT2D eigenvalue weighted by Gasteiger charge is -2.31. The number of hydrogen-bond acceptors (Lipinski definition) is 6. The molecule has 9 heteroatoms. The number of hydrogen-bond donors (Lipinski definition) is 2. The largest absolute Gasteiger partial charge is 0.454 e. The second-order valence-corrected chi connectivity index (χ2v) is 9.46. The Morgan fingerprint density at radius 2 is 2.00 bits per heavy atom. The van der Waals surface area contributed by atoms with E-state index in [2.05, 4.69) is 15.6 Å². The molecule has 4 heterocycles. The summed E-state index contributed by atoms with van der Waals surface area (Å²) in [6.45, 7) is 3.45. The summed E-state index contributed by atoms with van der Waals surface area (Å²) < 4.78 is 10.7. The van der Waals surface area contributed by atoms with Gasteiger partial charge in [0.15, 0.2) is 11.5 Å². The number of carbonyl (C=O) groups is 3. The highest BCUT2D eigenvalue weighted by Crippen LogP contribution is 2.33. The first-order valence-corrected chi connectivity index (χ1v) is 12.3. The maximum atomic E-state index is 13.2. The van der Waals surface area contributed by atoms with Gasteiger partial charge in [0.25, 0.3) is 11.8 Å². The number of nitrogens with one attached hydrogen (secondary N) is 2. The Hall–Kier alpha value is -4.40. The third-order valence-electron chi connectivity index (χ3n) is 7.27. The van der Waals surface area contributed by atoms with Crippen LogP contribution in [0, 0.1) is 6.92 Å². The van der Waals surface area contributed by atoms with Gasteiger partial charge in [-0.2, -0.15) is 0 Å².